The number of aromatic hydroxyl groups is 1. The van der Waals surface area contributed by atoms with Crippen molar-refractivity contribution in [3.8, 4) is 11.5 Å². The summed E-state index contributed by atoms with van der Waals surface area (Å²) in [6, 6.07) is 21.6. The molecule has 7 heterocycles. The van der Waals surface area contributed by atoms with Crippen LogP contribution in [0.5, 0.6) is 11.5 Å². The molecule has 1 aromatic heterocycles. The van der Waals surface area contributed by atoms with Crippen molar-refractivity contribution in [2.24, 2.45) is 0 Å². The molecule has 11 rings (SSSR count). The number of anilines is 4. The normalized spacial score (nSPS) is 19.1. The number of piperidine rings is 4. The Morgan fingerprint density at radius 3 is 1.41 bits per heavy atom. The number of phenols is 1. The van der Waals surface area contributed by atoms with E-state index in [1.165, 1.54) is 24.1 Å². The summed E-state index contributed by atoms with van der Waals surface area (Å²) in [6.45, 7) is 22.9. The molecule has 5 aromatic rings. The highest BCUT2D eigenvalue weighted by Crippen LogP contribution is 2.34. The van der Waals surface area contributed by atoms with Gasteiger partial charge in [0.2, 0.25) is 11.8 Å². The average molecular weight is 1370 g/mol. The van der Waals surface area contributed by atoms with Gasteiger partial charge in [0, 0.05) is 138 Å². The fourth-order valence-corrected chi connectivity index (χ4v) is 14.0. The van der Waals surface area contributed by atoms with Crippen molar-refractivity contribution in [2.45, 2.75) is 207 Å². The molecule has 0 saturated carbocycles. The van der Waals surface area contributed by atoms with Gasteiger partial charge in [0.1, 0.15) is 29.3 Å². The van der Waals surface area contributed by atoms with Gasteiger partial charge in [-0.3, -0.25) is 29.0 Å². The van der Waals surface area contributed by atoms with E-state index in [9.17, 15) is 44.1 Å². The Kier molecular flexibility index (Phi) is 23.9. The van der Waals surface area contributed by atoms with Crippen LogP contribution in [0.15, 0.2) is 83.6 Å². The molecular formula is C75H103N11O13. The van der Waals surface area contributed by atoms with Crippen LogP contribution in [-0.2, 0) is 51.6 Å². The minimum absolute atomic E-state index is 0.0591. The van der Waals surface area contributed by atoms with E-state index in [1.54, 1.807) is 57.7 Å². The van der Waals surface area contributed by atoms with Gasteiger partial charge in [-0.2, -0.15) is 0 Å². The Labute approximate surface area is 582 Å². The van der Waals surface area contributed by atoms with Crippen molar-refractivity contribution in [1.82, 2.24) is 35.2 Å². The Bertz CT molecular complexity index is 3630. The maximum absolute atomic E-state index is 13.8. The molecule has 0 aliphatic carbocycles. The first-order valence-corrected chi connectivity index (χ1v) is 35.4. The lowest BCUT2D eigenvalue weighted by atomic mass is 9.91. The SMILES string of the molecule is CC(=O)N1CCC(Nc2cc(C(=O)NC[C@@H](O)[C@@H]3Cc4ccc(O)cc4CN3C(=O)OC(C)(C)C)cc(N3CCCCC3)c2)CC1.CC(=O)N1CCC(Nc2cc(C(=O)NC[C@@H](O)[C@@H]3Cc4ccc(OCc5ocnc5C)cc4CN3C(=O)OC(C)(C)C)cc(N3CCCCC3)c2)CC1. The van der Waals surface area contributed by atoms with Gasteiger partial charge >= 0.3 is 12.2 Å². The van der Waals surface area contributed by atoms with Gasteiger partial charge in [0.05, 0.1) is 30.0 Å². The highest BCUT2D eigenvalue weighted by atomic mass is 16.6. The number of rotatable bonds is 17. The number of aromatic nitrogens is 1. The topological polar surface area (TPSA) is 284 Å². The first-order valence-electron chi connectivity index (χ1n) is 35.4. The molecule has 6 aliphatic heterocycles. The number of oxazole rings is 1. The predicted molar refractivity (Wildman–Crippen MR) is 378 cm³/mol. The van der Waals surface area contributed by atoms with E-state index in [2.05, 4.69) is 48.2 Å². The van der Waals surface area contributed by atoms with Crippen molar-refractivity contribution in [3.63, 3.8) is 0 Å². The third kappa shape index (κ3) is 20.0. The fourth-order valence-electron chi connectivity index (χ4n) is 14.0. The number of aryl methyl sites for hydroxylation is 1. The lowest BCUT2D eigenvalue weighted by Gasteiger charge is -2.40. The molecule has 0 radical (unpaired) electrons. The predicted octanol–water partition coefficient (Wildman–Crippen LogP) is 9.69. The zero-order valence-corrected chi connectivity index (χ0v) is 59.2. The molecule has 7 N–H and O–H groups in total. The smallest absolute Gasteiger partial charge is 0.410 e. The Hall–Kier alpha value is -8.77. The van der Waals surface area contributed by atoms with Gasteiger partial charge in [0.25, 0.3) is 11.8 Å². The number of hydrogen-bond donors (Lipinski definition) is 7. The van der Waals surface area contributed by atoms with Gasteiger partial charge < -0.3 is 74.8 Å². The number of aliphatic hydroxyl groups excluding tert-OH is 2. The Balaban J connectivity index is 0.000000216. The second kappa shape index (κ2) is 32.5. The minimum atomic E-state index is -1.07. The third-order valence-electron chi connectivity index (χ3n) is 19.4. The lowest BCUT2D eigenvalue weighted by Crippen LogP contribution is -2.54. The van der Waals surface area contributed by atoms with E-state index >= 15 is 0 Å². The van der Waals surface area contributed by atoms with E-state index in [0.29, 0.717) is 61.7 Å². The number of nitrogens with one attached hydrogen (secondary N) is 4. The molecule has 6 aliphatic rings. The fraction of sp³-hybridized carbons (Fsp3) is 0.560. The van der Waals surface area contributed by atoms with Gasteiger partial charge in [-0.25, -0.2) is 14.6 Å². The maximum Gasteiger partial charge on any atom is 0.410 e. The largest absolute Gasteiger partial charge is 0.508 e. The first-order chi connectivity index (χ1) is 47.2. The molecule has 4 atom stereocenters. The zero-order valence-electron chi connectivity index (χ0n) is 59.2. The number of ether oxygens (including phenoxy) is 3. The van der Waals surface area contributed by atoms with Crippen molar-refractivity contribution in [1.29, 1.82) is 0 Å². The average Bonchev–Trinajstić information content (AvgIpc) is 0.847. The number of benzene rings is 4. The number of aliphatic hydroxyl groups is 2. The molecule has 6 amide bonds. The molecule has 0 unspecified atom stereocenters. The van der Waals surface area contributed by atoms with Crippen LogP contribution in [0.2, 0.25) is 0 Å². The number of carbonyl (C=O) groups excluding carboxylic acids is 6. The van der Waals surface area contributed by atoms with E-state index in [1.807, 2.05) is 80.0 Å². The van der Waals surface area contributed by atoms with Gasteiger partial charge in [-0.1, -0.05) is 12.1 Å². The minimum Gasteiger partial charge on any atom is -0.508 e. The summed E-state index contributed by atoms with van der Waals surface area (Å²) in [7, 11) is 0. The number of fused-ring (bicyclic) bond motifs is 2. The zero-order chi connectivity index (χ0) is 70.7. The Morgan fingerprint density at radius 2 is 1.00 bits per heavy atom. The molecule has 4 fully saturated rings. The molecule has 24 nitrogen and oxygen atoms in total. The molecule has 0 spiro atoms. The van der Waals surface area contributed by atoms with Crippen LogP contribution in [-0.4, -0.2) is 189 Å². The molecule has 4 aromatic carbocycles. The number of amides is 6. The molecule has 4 saturated heterocycles. The van der Waals surface area contributed by atoms with Gasteiger partial charge in [-0.05, 0) is 208 Å². The second-order valence-electron chi connectivity index (χ2n) is 29.3. The number of carbonyl (C=O) groups is 6. The summed E-state index contributed by atoms with van der Waals surface area (Å²) in [5.74, 6) is 0.947. The van der Waals surface area contributed by atoms with Gasteiger partial charge in [-0.15, -0.1) is 0 Å². The molecule has 99 heavy (non-hydrogen) atoms. The monoisotopic (exact) mass is 1370 g/mol. The number of hydrogen-bond acceptors (Lipinski definition) is 18. The standard InChI is InChI=1S/C40H54N6O7.C35H49N5O6/c1-26-37(52-25-42-26)24-51-34-10-9-28-20-35(46(23-30(28)19-34)39(50)53-40(3,4)5)36(48)22-41-38(49)29-17-32(21-33(18-29)45-13-7-6-8-14-45)43-31-11-15-44(16-12-31)27(2)47;1-23(41)38-14-10-27(11-15-38)37-28-16-25(17-29(20-28)39-12-6-5-7-13-39)33(44)36-21-32(43)31-19-24-8-9-30(42)18-26(24)22-40(31)34(45)46-35(2,3)4/h9-10,17-19,21,25,31,35-36,43,48H,6-8,11-16,20,22-24H2,1-5H3,(H,41,49);8-9,16-18,20,27,31-32,37,42-43H,5-7,10-15,19,21-22H2,1-4H3,(H,36,44)/t35-,36+;31-,32+/m00/s1. The van der Waals surface area contributed by atoms with E-state index in [4.69, 9.17) is 18.6 Å². The third-order valence-corrected chi connectivity index (χ3v) is 19.4. The van der Waals surface area contributed by atoms with Crippen LogP contribution in [0.25, 0.3) is 0 Å². The van der Waals surface area contributed by atoms with Crippen LogP contribution >= 0.6 is 0 Å². The lowest BCUT2D eigenvalue weighted by molar-refractivity contribution is -0.130. The van der Waals surface area contributed by atoms with Crippen molar-refractivity contribution >= 4 is 58.6 Å². The van der Waals surface area contributed by atoms with E-state index in [0.717, 1.165) is 128 Å². The maximum atomic E-state index is 13.8. The van der Waals surface area contributed by atoms with Crippen molar-refractivity contribution < 1.29 is 62.7 Å². The van der Waals surface area contributed by atoms with Crippen LogP contribution in [0.1, 0.15) is 174 Å². The van der Waals surface area contributed by atoms with Crippen LogP contribution in [0, 0.1) is 6.92 Å². The number of nitrogens with zero attached hydrogens (tertiary/aromatic N) is 7. The number of phenolic OH excluding ortho intramolecular Hbond substituents is 1. The second-order valence-corrected chi connectivity index (χ2v) is 29.3. The highest BCUT2D eigenvalue weighted by molar-refractivity contribution is 5.97. The van der Waals surface area contributed by atoms with Crippen LogP contribution in [0.3, 0.4) is 0 Å². The summed E-state index contributed by atoms with van der Waals surface area (Å²) >= 11 is 0. The first kappa shape index (κ1) is 73.0. The summed E-state index contributed by atoms with van der Waals surface area (Å²) in [4.78, 5) is 93.4. The molecule has 0 bridgehead atoms. The van der Waals surface area contributed by atoms with E-state index < -0.39 is 47.7 Å². The summed E-state index contributed by atoms with van der Waals surface area (Å²) < 4.78 is 22.8. The molecule has 536 valence electrons. The quantitative estimate of drug-likeness (QED) is 0.0456. The number of likely N-dealkylation sites (tertiary alicyclic amines) is 2. The summed E-state index contributed by atoms with van der Waals surface area (Å²) in [5.41, 5.74) is 7.55. The van der Waals surface area contributed by atoms with Crippen molar-refractivity contribution in [3.05, 3.63) is 124 Å². The van der Waals surface area contributed by atoms with Crippen LogP contribution in [0.4, 0.5) is 32.3 Å². The van der Waals surface area contributed by atoms with Gasteiger partial charge in [0.15, 0.2) is 12.2 Å². The van der Waals surface area contributed by atoms with E-state index in [-0.39, 0.29) is 74.2 Å². The molecular weight excluding hydrogens is 1260 g/mol. The van der Waals surface area contributed by atoms with Crippen molar-refractivity contribution in [2.75, 3.05) is 85.9 Å². The highest BCUT2D eigenvalue weighted by Gasteiger charge is 2.40. The Morgan fingerprint density at radius 1 is 0.566 bits per heavy atom. The molecule has 24 heteroatoms. The van der Waals surface area contributed by atoms with Crippen LogP contribution < -0.4 is 35.8 Å². The summed E-state index contributed by atoms with van der Waals surface area (Å²) in [6.07, 6.45) is 9.00. The summed E-state index contributed by atoms with van der Waals surface area (Å²) in [5, 5.41) is 46.2.